The molecule has 6 saturated carbocycles. The molecule has 4 bridgehead atoms. The molecule has 6 aliphatic rings. The third-order valence-corrected chi connectivity index (χ3v) is 19.9. The van der Waals surface area contributed by atoms with Crippen LogP contribution in [0.25, 0.3) is 0 Å². The van der Waals surface area contributed by atoms with E-state index in [1.807, 2.05) is 0 Å². The average molecular weight is 493 g/mol. The Bertz CT molecular complexity index is 951. The number of rotatable bonds is 7. The van der Waals surface area contributed by atoms with Crippen LogP contribution >= 0.6 is 0 Å². The van der Waals surface area contributed by atoms with Crippen LogP contribution in [-0.4, -0.2) is 16.6 Å². The van der Waals surface area contributed by atoms with Gasteiger partial charge in [0.15, 0.2) is 8.32 Å². The zero-order valence-corrected chi connectivity index (χ0v) is 24.9. The molecule has 0 saturated heterocycles. The molecule has 1 aromatic rings. The lowest BCUT2D eigenvalue weighted by atomic mass is 9.46. The number of hydrogen-bond donors (Lipinski definition) is 0. The molecule has 0 N–H and O–H groups in total. The highest BCUT2D eigenvalue weighted by molar-refractivity contribution is 6.93. The summed E-state index contributed by atoms with van der Waals surface area (Å²) in [6.07, 6.45) is 14.3. The van der Waals surface area contributed by atoms with Crippen LogP contribution in [0.5, 0.6) is 0 Å². The van der Waals surface area contributed by atoms with Crippen LogP contribution in [0.2, 0.25) is 31.7 Å². The van der Waals surface area contributed by atoms with E-state index in [9.17, 15) is 0 Å². The molecule has 7 unspecified atom stereocenters. The zero-order valence-electron chi connectivity index (χ0n) is 22.9. The fourth-order valence-corrected chi connectivity index (χ4v) is 19.7. The van der Waals surface area contributed by atoms with Gasteiger partial charge in [-0.25, -0.2) is 0 Å². The van der Waals surface area contributed by atoms with Crippen LogP contribution < -0.4 is 5.19 Å². The maximum Gasteiger partial charge on any atom is 0.209 e. The fourth-order valence-electron chi connectivity index (χ4n) is 9.33. The fraction of sp³-hybridized carbons (Fsp3) is 0.742. The van der Waals surface area contributed by atoms with Crippen molar-refractivity contribution in [3.05, 3.63) is 29.8 Å². The summed E-state index contributed by atoms with van der Waals surface area (Å²) in [6.45, 7) is 17.8. The summed E-state index contributed by atoms with van der Waals surface area (Å²) >= 11 is 0. The summed E-state index contributed by atoms with van der Waals surface area (Å²) in [5.74, 6) is 8.28. The molecule has 1 aromatic carbocycles. The van der Waals surface area contributed by atoms with Gasteiger partial charge in [0.25, 0.3) is 0 Å². The van der Waals surface area contributed by atoms with Gasteiger partial charge in [-0.05, 0) is 121 Å². The van der Waals surface area contributed by atoms with Crippen molar-refractivity contribution >= 4 is 21.8 Å². The first kappa shape index (κ1) is 24.8. The maximum absolute atomic E-state index is 7.58. The number of terminal acetylenes is 1. The van der Waals surface area contributed by atoms with Crippen molar-refractivity contribution in [2.24, 2.45) is 46.3 Å². The minimum absolute atomic E-state index is 0.535. The van der Waals surface area contributed by atoms with Gasteiger partial charge in [0, 0.05) is 5.56 Å². The van der Waals surface area contributed by atoms with Crippen molar-refractivity contribution in [3.63, 3.8) is 0 Å². The molecule has 6 fully saturated rings. The molecule has 0 aliphatic heterocycles. The topological polar surface area (TPSA) is 9.23 Å². The summed E-state index contributed by atoms with van der Waals surface area (Å²) in [6, 6.07) is 11.6. The van der Waals surface area contributed by atoms with Crippen LogP contribution in [0.15, 0.2) is 24.3 Å². The van der Waals surface area contributed by atoms with E-state index in [1.54, 1.807) is 0 Å². The smallest absolute Gasteiger partial charge is 0.209 e. The molecule has 186 valence electrons. The molecule has 6 aliphatic carbocycles. The summed E-state index contributed by atoms with van der Waals surface area (Å²) in [7, 11) is -3.92. The van der Waals surface area contributed by atoms with Gasteiger partial charge < -0.3 is 4.12 Å². The van der Waals surface area contributed by atoms with Crippen LogP contribution in [0.4, 0.5) is 0 Å². The van der Waals surface area contributed by atoms with Crippen LogP contribution in [0.1, 0.15) is 71.8 Å². The van der Waals surface area contributed by atoms with Gasteiger partial charge in [-0.1, -0.05) is 58.6 Å². The lowest BCUT2D eigenvalue weighted by Gasteiger charge is -2.61. The van der Waals surface area contributed by atoms with E-state index in [4.69, 9.17) is 10.5 Å². The Labute approximate surface area is 212 Å². The minimum atomic E-state index is -2.10. The largest absolute Gasteiger partial charge is 0.452 e. The monoisotopic (exact) mass is 492 g/mol. The van der Waals surface area contributed by atoms with E-state index < -0.39 is 16.6 Å². The van der Waals surface area contributed by atoms with Crippen LogP contribution in [0.3, 0.4) is 0 Å². The Morgan fingerprint density at radius 1 is 0.824 bits per heavy atom. The van der Waals surface area contributed by atoms with Crippen LogP contribution in [0, 0.1) is 58.7 Å². The molecule has 0 amide bonds. The van der Waals surface area contributed by atoms with Gasteiger partial charge in [-0.15, -0.1) is 6.42 Å². The van der Waals surface area contributed by atoms with Crippen molar-refractivity contribution in [2.45, 2.75) is 97.9 Å². The molecule has 0 heterocycles. The van der Waals surface area contributed by atoms with Crippen molar-refractivity contribution < 1.29 is 4.12 Å². The van der Waals surface area contributed by atoms with Gasteiger partial charge in [-0.3, -0.25) is 0 Å². The number of benzene rings is 1. The summed E-state index contributed by atoms with van der Waals surface area (Å²) < 4.78 is 7.58. The second-order valence-electron chi connectivity index (χ2n) is 14.6. The van der Waals surface area contributed by atoms with E-state index >= 15 is 0 Å². The highest BCUT2D eigenvalue weighted by atomic mass is 28.4. The highest BCUT2D eigenvalue weighted by Gasteiger charge is 2.57. The molecule has 1 nitrogen and oxygen atoms in total. The Morgan fingerprint density at radius 3 is 1.76 bits per heavy atom. The first-order valence-electron chi connectivity index (χ1n) is 14.1. The van der Waals surface area contributed by atoms with E-state index in [0.717, 1.165) is 41.1 Å². The van der Waals surface area contributed by atoms with Gasteiger partial charge in [-0.2, -0.15) is 0 Å². The number of hydrogen-bond acceptors (Lipinski definition) is 1. The predicted octanol–water partition coefficient (Wildman–Crippen LogP) is 7.82. The van der Waals surface area contributed by atoms with Gasteiger partial charge >= 0.3 is 0 Å². The van der Waals surface area contributed by atoms with Crippen molar-refractivity contribution in [2.75, 3.05) is 0 Å². The quantitative estimate of drug-likeness (QED) is 0.278. The van der Waals surface area contributed by atoms with Crippen molar-refractivity contribution in [1.29, 1.82) is 0 Å². The Hall–Kier alpha value is -0.826. The van der Waals surface area contributed by atoms with E-state index in [1.165, 1.54) is 55.8 Å². The molecule has 3 heteroatoms. The maximum atomic E-state index is 7.58. The van der Waals surface area contributed by atoms with Gasteiger partial charge in [0.2, 0.25) is 8.32 Å². The highest BCUT2D eigenvalue weighted by Crippen LogP contribution is 2.64. The zero-order chi connectivity index (χ0) is 24.5. The average Bonchev–Trinajstić information content (AvgIpc) is 2.78. The summed E-state index contributed by atoms with van der Waals surface area (Å²) in [4.78, 5) is 0. The molecule has 34 heavy (non-hydrogen) atoms. The molecule has 7 rings (SSSR count). The standard InChI is InChI=1S/C31H48OSi2/c1-9-22-10-16-27(17-11-22)34(8,21-24-13-15-26-19-29(24)31(26,4)5)32-33(6,7)20-23-12-14-25-18-28(23)30(25,2)3/h1,10-11,16-17,23-26,28-29H,12-15,18-21H2,2-8H3. The first-order chi connectivity index (χ1) is 15.9. The molecule has 0 aromatic heterocycles. The lowest BCUT2D eigenvalue weighted by Crippen LogP contribution is -2.60. The summed E-state index contributed by atoms with van der Waals surface area (Å²) in [5, 5.41) is 1.47. The van der Waals surface area contributed by atoms with E-state index in [2.05, 4.69) is 77.5 Å². The minimum Gasteiger partial charge on any atom is -0.452 e. The molecule has 0 spiro atoms. The molecule has 7 atom stereocenters. The normalized spacial score (nSPS) is 37.0. The van der Waals surface area contributed by atoms with Crippen LogP contribution in [-0.2, 0) is 4.12 Å². The summed E-state index contributed by atoms with van der Waals surface area (Å²) in [5.41, 5.74) is 2.09. The second-order valence-corrected chi connectivity index (χ2v) is 22.8. The third-order valence-electron chi connectivity index (χ3n) is 11.6. The predicted molar refractivity (Wildman–Crippen MR) is 150 cm³/mol. The number of fused-ring (bicyclic) bond motifs is 4. The van der Waals surface area contributed by atoms with E-state index in [-0.39, 0.29) is 0 Å². The van der Waals surface area contributed by atoms with Crippen molar-refractivity contribution in [3.8, 4) is 12.3 Å². The van der Waals surface area contributed by atoms with Crippen molar-refractivity contribution in [1.82, 2.24) is 0 Å². The molecule has 0 radical (unpaired) electrons. The van der Waals surface area contributed by atoms with E-state index in [0.29, 0.717) is 10.8 Å². The Kier molecular flexibility index (Phi) is 6.11. The van der Waals surface area contributed by atoms with Gasteiger partial charge in [0.1, 0.15) is 0 Å². The third kappa shape index (κ3) is 4.10. The lowest BCUT2D eigenvalue weighted by molar-refractivity contribution is -0.100. The Balaban J connectivity index is 1.38. The SMILES string of the molecule is C#Cc1ccc([Si](C)(CC2CCC3CC2C3(C)C)O[Si](C)(C)CC2CCC3CC2C3(C)C)cc1. The molecular weight excluding hydrogens is 445 g/mol. The first-order valence-corrected chi connectivity index (χ1v) is 19.9. The second kappa shape index (κ2) is 8.36. The molecular formula is C31H48OSi2. The van der Waals surface area contributed by atoms with Gasteiger partial charge in [0.05, 0.1) is 0 Å². The Morgan fingerprint density at radius 2 is 1.32 bits per heavy atom.